The summed E-state index contributed by atoms with van der Waals surface area (Å²) in [6, 6.07) is 8.04. The predicted octanol–water partition coefficient (Wildman–Crippen LogP) is 4.46. The number of benzene rings is 1. The minimum absolute atomic E-state index is 0.341. The molecule has 0 aliphatic carbocycles. The fraction of sp³-hybridized carbons (Fsp3) is 0.278. The maximum Gasteiger partial charge on any atom is 0.164 e. The standard InChI is InChI=1S/C18H18I2N4O2/c1-4-26-17-12(6-14(19)7-16(17)20)9-22-24-18-15(8-21)13(10-25-3)5-11(2)23-18/h5-7,9H,4,10H2,1-3H3,(H,23,24). The summed E-state index contributed by atoms with van der Waals surface area (Å²) >= 11 is 4.50. The van der Waals surface area contributed by atoms with E-state index in [9.17, 15) is 5.26 Å². The van der Waals surface area contributed by atoms with Crippen LogP contribution in [0.1, 0.15) is 29.3 Å². The van der Waals surface area contributed by atoms with Crippen molar-refractivity contribution in [1.82, 2.24) is 4.98 Å². The van der Waals surface area contributed by atoms with Crippen molar-refractivity contribution >= 4 is 57.2 Å². The Morgan fingerprint density at radius 2 is 2.12 bits per heavy atom. The summed E-state index contributed by atoms with van der Waals surface area (Å²) in [7, 11) is 1.59. The second-order valence-electron chi connectivity index (χ2n) is 5.30. The van der Waals surface area contributed by atoms with E-state index in [1.54, 1.807) is 13.3 Å². The van der Waals surface area contributed by atoms with Gasteiger partial charge in [-0.3, -0.25) is 5.43 Å². The molecule has 1 aromatic carbocycles. The molecule has 136 valence electrons. The summed E-state index contributed by atoms with van der Waals surface area (Å²) in [5.74, 6) is 1.20. The highest BCUT2D eigenvalue weighted by atomic mass is 127. The van der Waals surface area contributed by atoms with Crippen molar-refractivity contribution in [1.29, 1.82) is 5.26 Å². The van der Waals surface area contributed by atoms with Gasteiger partial charge >= 0.3 is 0 Å². The van der Waals surface area contributed by atoms with E-state index in [-0.39, 0.29) is 0 Å². The van der Waals surface area contributed by atoms with Crippen molar-refractivity contribution in [2.24, 2.45) is 5.10 Å². The zero-order valence-corrected chi connectivity index (χ0v) is 19.0. The Hall–Kier alpha value is -1.45. The molecule has 0 aliphatic rings. The van der Waals surface area contributed by atoms with Gasteiger partial charge in [0.25, 0.3) is 0 Å². The van der Waals surface area contributed by atoms with Crippen molar-refractivity contribution in [3.05, 3.63) is 47.7 Å². The third-order valence-corrected chi connectivity index (χ3v) is 4.76. The molecule has 0 spiro atoms. The lowest BCUT2D eigenvalue weighted by molar-refractivity contribution is 0.184. The number of nitrogens with one attached hydrogen (secondary N) is 1. The molecule has 1 aromatic heterocycles. The van der Waals surface area contributed by atoms with Gasteiger partial charge in [-0.25, -0.2) is 4.98 Å². The van der Waals surface area contributed by atoms with Crippen molar-refractivity contribution in [3.8, 4) is 11.8 Å². The molecular weight excluding hydrogens is 558 g/mol. The summed E-state index contributed by atoms with van der Waals surface area (Å²) in [5, 5.41) is 13.7. The Bertz CT molecular complexity index is 863. The highest BCUT2D eigenvalue weighted by Crippen LogP contribution is 2.27. The number of aryl methyl sites for hydroxylation is 1. The number of halogens is 2. The number of aromatic nitrogens is 1. The Balaban J connectivity index is 2.33. The number of hydrogen-bond acceptors (Lipinski definition) is 6. The Labute approximate surface area is 180 Å². The summed E-state index contributed by atoms with van der Waals surface area (Å²) in [6.07, 6.45) is 1.68. The van der Waals surface area contributed by atoms with Crippen LogP contribution in [0.25, 0.3) is 0 Å². The first-order valence-electron chi connectivity index (χ1n) is 7.80. The summed E-state index contributed by atoms with van der Waals surface area (Å²) in [5.41, 5.74) is 5.73. The molecule has 2 aromatic rings. The van der Waals surface area contributed by atoms with Gasteiger partial charge in [0, 0.05) is 27.5 Å². The first-order chi connectivity index (χ1) is 12.5. The minimum Gasteiger partial charge on any atom is -0.492 e. The maximum absolute atomic E-state index is 9.46. The molecule has 0 bridgehead atoms. The van der Waals surface area contributed by atoms with Crippen LogP contribution in [-0.2, 0) is 11.3 Å². The highest BCUT2D eigenvalue weighted by Gasteiger charge is 2.12. The highest BCUT2D eigenvalue weighted by molar-refractivity contribution is 14.1. The Kier molecular flexibility index (Phi) is 8.05. The van der Waals surface area contributed by atoms with Crippen LogP contribution in [0.3, 0.4) is 0 Å². The van der Waals surface area contributed by atoms with Gasteiger partial charge < -0.3 is 9.47 Å². The third-order valence-electron chi connectivity index (χ3n) is 3.34. The third kappa shape index (κ3) is 5.28. The summed E-state index contributed by atoms with van der Waals surface area (Å²) in [4.78, 5) is 4.37. The molecule has 0 atom stereocenters. The van der Waals surface area contributed by atoms with E-state index >= 15 is 0 Å². The van der Waals surface area contributed by atoms with E-state index in [2.05, 4.69) is 66.8 Å². The van der Waals surface area contributed by atoms with Crippen LogP contribution in [0.4, 0.5) is 5.82 Å². The first-order valence-corrected chi connectivity index (χ1v) is 9.96. The maximum atomic E-state index is 9.46. The fourth-order valence-electron chi connectivity index (χ4n) is 2.35. The molecule has 1 heterocycles. The molecule has 2 rings (SSSR count). The fourth-order valence-corrected chi connectivity index (χ4v) is 4.40. The Morgan fingerprint density at radius 1 is 1.35 bits per heavy atom. The number of hydrogen-bond donors (Lipinski definition) is 1. The molecule has 0 saturated heterocycles. The molecule has 1 N–H and O–H groups in total. The Morgan fingerprint density at radius 3 is 2.77 bits per heavy atom. The zero-order valence-electron chi connectivity index (χ0n) is 14.6. The monoisotopic (exact) mass is 576 g/mol. The van der Waals surface area contributed by atoms with Crippen LogP contribution in [0.2, 0.25) is 0 Å². The topological polar surface area (TPSA) is 79.5 Å². The second-order valence-corrected chi connectivity index (χ2v) is 7.71. The average Bonchev–Trinajstić information content (AvgIpc) is 2.58. The molecule has 0 saturated carbocycles. The van der Waals surface area contributed by atoms with Gasteiger partial charge in [-0.2, -0.15) is 10.4 Å². The number of rotatable bonds is 7. The molecule has 0 radical (unpaired) electrons. The number of ether oxygens (including phenoxy) is 2. The van der Waals surface area contributed by atoms with Crippen molar-refractivity contribution in [3.63, 3.8) is 0 Å². The molecule has 0 fully saturated rings. The van der Waals surface area contributed by atoms with E-state index in [1.165, 1.54) is 0 Å². The first kappa shape index (κ1) is 20.9. The molecule has 8 heteroatoms. The van der Waals surface area contributed by atoms with Crippen molar-refractivity contribution in [2.75, 3.05) is 19.1 Å². The van der Waals surface area contributed by atoms with E-state index in [0.717, 1.165) is 29.7 Å². The van der Waals surface area contributed by atoms with Crippen molar-refractivity contribution < 1.29 is 9.47 Å². The van der Waals surface area contributed by atoms with Crippen LogP contribution in [0.15, 0.2) is 23.3 Å². The number of pyridine rings is 1. The van der Waals surface area contributed by atoms with E-state index in [0.29, 0.717) is 24.6 Å². The van der Waals surface area contributed by atoms with Gasteiger partial charge in [0.2, 0.25) is 0 Å². The average molecular weight is 576 g/mol. The molecule has 26 heavy (non-hydrogen) atoms. The lowest BCUT2D eigenvalue weighted by atomic mass is 10.1. The van der Waals surface area contributed by atoms with E-state index in [4.69, 9.17) is 9.47 Å². The predicted molar refractivity (Wildman–Crippen MR) is 119 cm³/mol. The van der Waals surface area contributed by atoms with Crippen LogP contribution < -0.4 is 10.2 Å². The van der Waals surface area contributed by atoms with Gasteiger partial charge in [0.05, 0.1) is 23.0 Å². The SMILES string of the molecule is CCOc1c(I)cc(I)cc1C=NNc1nc(C)cc(COC)c1C#N. The lowest BCUT2D eigenvalue weighted by Crippen LogP contribution is -2.04. The molecular formula is C18H18I2N4O2. The van der Waals surface area contributed by atoms with Gasteiger partial charge in [0.15, 0.2) is 5.82 Å². The quantitative estimate of drug-likeness (QED) is 0.299. The van der Waals surface area contributed by atoms with Crippen LogP contribution >= 0.6 is 45.2 Å². The number of methoxy groups -OCH3 is 1. The van der Waals surface area contributed by atoms with Crippen molar-refractivity contribution in [2.45, 2.75) is 20.5 Å². The van der Waals surface area contributed by atoms with Crippen LogP contribution in [0.5, 0.6) is 5.75 Å². The van der Waals surface area contributed by atoms with Gasteiger partial charge in [-0.15, -0.1) is 0 Å². The molecule has 6 nitrogen and oxygen atoms in total. The van der Waals surface area contributed by atoms with E-state index in [1.807, 2.05) is 32.0 Å². The second kappa shape index (κ2) is 10.0. The number of nitriles is 1. The zero-order chi connectivity index (χ0) is 19.1. The van der Waals surface area contributed by atoms with Gasteiger partial charge in [-0.05, 0) is 77.2 Å². The molecule has 0 amide bonds. The van der Waals surface area contributed by atoms with Gasteiger partial charge in [-0.1, -0.05) is 0 Å². The van der Waals surface area contributed by atoms with Crippen LogP contribution in [0, 0.1) is 25.4 Å². The number of anilines is 1. The molecule has 0 aliphatic heterocycles. The van der Waals surface area contributed by atoms with Crippen LogP contribution in [-0.4, -0.2) is 24.9 Å². The number of nitrogens with zero attached hydrogens (tertiary/aromatic N) is 3. The minimum atomic E-state index is 0.341. The number of hydrazone groups is 1. The largest absolute Gasteiger partial charge is 0.492 e. The van der Waals surface area contributed by atoms with Gasteiger partial charge in [0.1, 0.15) is 17.4 Å². The smallest absolute Gasteiger partial charge is 0.164 e. The molecule has 0 unspecified atom stereocenters. The normalized spacial score (nSPS) is 10.8. The lowest BCUT2D eigenvalue weighted by Gasteiger charge is -2.11. The summed E-state index contributed by atoms with van der Waals surface area (Å²) in [6.45, 7) is 4.72. The summed E-state index contributed by atoms with van der Waals surface area (Å²) < 4.78 is 13.0. The van der Waals surface area contributed by atoms with E-state index < -0.39 is 0 Å².